The molecule has 8 nitrogen and oxygen atoms in total. The molecule has 1 heterocycles. The Kier molecular flexibility index (Phi) is 6.74. The zero-order valence-corrected chi connectivity index (χ0v) is 18.8. The van der Waals surface area contributed by atoms with Gasteiger partial charge in [-0.2, -0.15) is 5.26 Å². The molecule has 1 aliphatic rings. The van der Waals surface area contributed by atoms with Crippen molar-refractivity contribution in [1.82, 2.24) is 15.3 Å². The van der Waals surface area contributed by atoms with Crippen LogP contribution >= 0.6 is 0 Å². The number of para-hydroxylation sites is 1. The first-order chi connectivity index (χ1) is 16.5. The molecule has 0 saturated heterocycles. The summed E-state index contributed by atoms with van der Waals surface area (Å²) in [6, 6.07) is 18.9. The number of amides is 1. The standard InChI is InChI=1S/C26H26N6O2/c1-18(15-27)25(33)32-26(13-5-6-14-26)16-29-24-22(23(28)30-17-31-24)19-9-11-21(12-10-19)34-20-7-3-2-4-8-20/h2-4,7-12,17H,1,5-6,13-14,16H2,(H,32,33)(H3,28,29,30,31). The van der Waals surface area contributed by atoms with E-state index in [2.05, 4.69) is 27.2 Å². The third kappa shape index (κ3) is 5.15. The van der Waals surface area contributed by atoms with Gasteiger partial charge in [-0.15, -0.1) is 0 Å². The molecule has 1 fully saturated rings. The third-order valence-electron chi connectivity index (χ3n) is 5.94. The molecule has 0 radical (unpaired) electrons. The van der Waals surface area contributed by atoms with Crippen molar-refractivity contribution < 1.29 is 9.53 Å². The van der Waals surface area contributed by atoms with Crippen LogP contribution in [0.1, 0.15) is 25.7 Å². The molecule has 1 saturated carbocycles. The van der Waals surface area contributed by atoms with Gasteiger partial charge in [0.05, 0.1) is 11.1 Å². The van der Waals surface area contributed by atoms with Crippen molar-refractivity contribution >= 4 is 17.5 Å². The molecule has 0 bridgehead atoms. The number of rotatable bonds is 8. The number of nitrogens with one attached hydrogen (secondary N) is 2. The van der Waals surface area contributed by atoms with Crippen LogP contribution < -0.4 is 21.1 Å². The monoisotopic (exact) mass is 454 g/mol. The number of nitrogens with zero attached hydrogens (tertiary/aromatic N) is 3. The molecule has 0 unspecified atom stereocenters. The maximum Gasteiger partial charge on any atom is 0.261 e. The normalized spacial score (nSPS) is 14.1. The molecule has 1 aliphatic carbocycles. The largest absolute Gasteiger partial charge is 0.457 e. The number of benzene rings is 2. The van der Waals surface area contributed by atoms with Crippen LogP contribution in [0.3, 0.4) is 0 Å². The van der Waals surface area contributed by atoms with Gasteiger partial charge in [0.25, 0.3) is 5.91 Å². The van der Waals surface area contributed by atoms with Crippen LogP contribution in [0.15, 0.2) is 73.1 Å². The molecule has 4 rings (SSSR count). The number of carbonyl (C=O) groups is 1. The van der Waals surface area contributed by atoms with Crippen molar-refractivity contribution in [1.29, 1.82) is 5.26 Å². The van der Waals surface area contributed by atoms with Crippen LogP contribution in [0, 0.1) is 11.3 Å². The van der Waals surface area contributed by atoms with E-state index in [9.17, 15) is 4.79 Å². The maximum atomic E-state index is 12.3. The summed E-state index contributed by atoms with van der Waals surface area (Å²) >= 11 is 0. The summed E-state index contributed by atoms with van der Waals surface area (Å²) in [5.74, 6) is 1.93. The highest BCUT2D eigenvalue weighted by atomic mass is 16.5. The van der Waals surface area contributed by atoms with Crippen LogP contribution in [0.4, 0.5) is 11.6 Å². The minimum atomic E-state index is -0.485. The first-order valence-electron chi connectivity index (χ1n) is 11.1. The van der Waals surface area contributed by atoms with Crippen molar-refractivity contribution in [2.24, 2.45) is 0 Å². The number of aromatic nitrogens is 2. The second kappa shape index (κ2) is 10.0. The molecule has 172 valence electrons. The lowest BCUT2D eigenvalue weighted by molar-refractivity contribution is -0.118. The molecule has 2 aromatic carbocycles. The fourth-order valence-electron chi connectivity index (χ4n) is 4.15. The zero-order valence-electron chi connectivity index (χ0n) is 18.8. The van der Waals surface area contributed by atoms with Crippen molar-refractivity contribution in [3.63, 3.8) is 0 Å². The summed E-state index contributed by atoms with van der Waals surface area (Å²) < 4.78 is 5.88. The third-order valence-corrected chi connectivity index (χ3v) is 5.94. The lowest BCUT2D eigenvalue weighted by Gasteiger charge is -2.31. The van der Waals surface area contributed by atoms with Gasteiger partial charge in [-0.1, -0.05) is 49.8 Å². The molecule has 34 heavy (non-hydrogen) atoms. The van der Waals surface area contributed by atoms with Gasteiger partial charge in [-0.05, 0) is 42.7 Å². The van der Waals surface area contributed by atoms with Gasteiger partial charge in [0.2, 0.25) is 0 Å². The van der Waals surface area contributed by atoms with E-state index in [0.717, 1.165) is 37.0 Å². The zero-order chi connectivity index (χ0) is 24.0. The van der Waals surface area contributed by atoms with Crippen LogP contribution in [0.25, 0.3) is 11.1 Å². The second-order valence-electron chi connectivity index (χ2n) is 8.31. The van der Waals surface area contributed by atoms with Crippen LogP contribution in [-0.2, 0) is 4.79 Å². The lowest BCUT2D eigenvalue weighted by atomic mass is 9.96. The van der Waals surface area contributed by atoms with Crippen LogP contribution in [0.5, 0.6) is 11.5 Å². The van der Waals surface area contributed by atoms with E-state index in [0.29, 0.717) is 29.5 Å². The van der Waals surface area contributed by atoms with Gasteiger partial charge in [0.15, 0.2) is 0 Å². The number of ether oxygens (including phenoxy) is 1. The fourth-order valence-corrected chi connectivity index (χ4v) is 4.15. The van der Waals surface area contributed by atoms with Gasteiger partial charge in [-0.25, -0.2) is 9.97 Å². The number of anilines is 2. The number of hydrogen-bond donors (Lipinski definition) is 3. The van der Waals surface area contributed by atoms with Gasteiger partial charge in [0.1, 0.15) is 41.1 Å². The smallest absolute Gasteiger partial charge is 0.261 e. The molecule has 0 spiro atoms. The van der Waals surface area contributed by atoms with Crippen molar-refractivity contribution in [2.45, 2.75) is 31.2 Å². The average Bonchev–Trinajstić information content (AvgIpc) is 3.32. The fraction of sp³-hybridized carbons (Fsp3) is 0.231. The predicted octanol–water partition coefficient (Wildman–Crippen LogP) is 4.44. The molecule has 1 aromatic heterocycles. The van der Waals surface area contributed by atoms with Crippen molar-refractivity contribution in [2.75, 3.05) is 17.6 Å². The number of nitrogens with two attached hydrogens (primary N) is 1. The Labute approximate surface area is 198 Å². The maximum absolute atomic E-state index is 12.3. The molecular weight excluding hydrogens is 428 g/mol. The van der Waals surface area contributed by atoms with E-state index in [-0.39, 0.29) is 5.57 Å². The number of carbonyl (C=O) groups excluding carboxylic acids is 1. The first-order valence-corrected chi connectivity index (χ1v) is 11.1. The Morgan fingerprint density at radius 1 is 1.09 bits per heavy atom. The summed E-state index contributed by atoms with van der Waals surface area (Å²) in [6.07, 6.45) is 4.98. The Hall–Kier alpha value is -4.38. The molecule has 3 aromatic rings. The Morgan fingerprint density at radius 3 is 2.44 bits per heavy atom. The summed E-state index contributed by atoms with van der Waals surface area (Å²) in [4.78, 5) is 20.9. The van der Waals surface area contributed by atoms with E-state index in [1.165, 1.54) is 6.33 Å². The van der Waals surface area contributed by atoms with Gasteiger partial charge in [-0.3, -0.25) is 4.79 Å². The van der Waals surface area contributed by atoms with E-state index in [4.69, 9.17) is 15.7 Å². The number of nitrogen functional groups attached to an aromatic ring is 1. The number of nitriles is 1. The molecule has 0 atom stereocenters. The highest BCUT2D eigenvalue weighted by Crippen LogP contribution is 2.35. The summed E-state index contributed by atoms with van der Waals surface area (Å²) in [6.45, 7) is 3.96. The lowest BCUT2D eigenvalue weighted by Crippen LogP contribution is -2.51. The topological polar surface area (TPSA) is 126 Å². The summed E-state index contributed by atoms with van der Waals surface area (Å²) in [5, 5.41) is 15.4. The van der Waals surface area contributed by atoms with E-state index in [1.54, 1.807) is 0 Å². The number of hydrogen-bond acceptors (Lipinski definition) is 7. The first kappa shape index (κ1) is 22.8. The Balaban J connectivity index is 1.53. The SMILES string of the molecule is C=C(C#N)C(=O)NC1(CNc2ncnc(N)c2-c2ccc(Oc3ccccc3)cc2)CCCC1. The molecular formula is C26H26N6O2. The summed E-state index contributed by atoms with van der Waals surface area (Å²) in [7, 11) is 0. The van der Waals surface area contributed by atoms with Gasteiger partial charge >= 0.3 is 0 Å². The van der Waals surface area contributed by atoms with Crippen molar-refractivity contribution in [3.05, 3.63) is 73.1 Å². The molecule has 4 N–H and O–H groups in total. The minimum absolute atomic E-state index is 0.101. The Morgan fingerprint density at radius 2 is 1.76 bits per heavy atom. The van der Waals surface area contributed by atoms with E-state index >= 15 is 0 Å². The molecule has 0 aliphatic heterocycles. The molecule has 8 heteroatoms. The van der Waals surface area contributed by atoms with Crippen LogP contribution in [-0.4, -0.2) is 28.0 Å². The van der Waals surface area contributed by atoms with Gasteiger partial charge in [0, 0.05) is 6.54 Å². The van der Waals surface area contributed by atoms with E-state index in [1.807, 2.05) is 60.7 Å². The molecule has 1 amide bonds. The Bertz CT molecular complexity index is 1210. The minimum Gasteiger partial charge on any atom is -0.457 e. The predicted molar refractivity (Wildman–Crippen MR) is 131 cm³/mol. The highest BCUT2D eigenvalue weighted by Gasteiger charge is 2.36. The van der Waals surface area contributed by atoms with Crippen molar-refractivity contribution in [3.8, 4) is 28.7 Å². The van der Waals surface area contributed by atoms with Gasteiger partial charge < -0.3 is 21.1 Å². The van der Waals surface area contributed by atoms with Crippen LogP contribution in [0.2, 0.25) is 0 Å². The summed E-state index contributed by atoms with van der Waals surface area (Å²) in [5.41, 5.74) is 7.16. The second-order valence-corrected chi connectivity index (χ2v) is 8.31. The average molecular weight is 455 g/mol. The highest BCUT2D eigenvalue weighted by molar-refractivity contribution is 5.97. The van der Waals surface area contributed by atoms with E-state index < -0.39 is 11.4 Å². The quantitative estimate of drug-likeness (QED) is 0.339.